The Labute approximate surface area is 244 Å². The van der Waals surface area contributed by atoms with Crippen LogP contribution in [0.2, 0.25) is 0 Å². The van der Waals surface area contributed by atoms with Gasteiger partial charge in [-0.05, 0) is 85.8 Å². The number of phenolic OH excluding ortho intramolecular Hbond substituents is 2. The van der Waals surface area contributed by atoms with Crippen molar-refractivity contribution in [1.29, 1.82) is 0 Å². The standard InChI is InChI=1S/C31H46O8P2/c1-9-36-40(34,37-10-2)17-21-13-23-25(15-27(21)32)31(19-29(23,5)6)20-30(7,8)24-14-22(28(33)16-26(24)31)18-41(35,38-11-3)39-12-4/h13-16,32-33H,9-12,17-20H2,1-8H3. The van der Waals surface area contributed by atoms with Gasteiger partial charge in [0.05, 0.1) is 38.8 Å². The molecular formula is C31H46O8P2. The molecule has 2 aliphatic carbocycles. The second-order valence-electron chi connectivity index (χ2n) is 12.5. The zero-order valence-electron chi connectivity index (χ0n) is 25.7. The van der Waals surface area contributed by atoms with Crippen molar-refractivity contribution in [3.8, 4) is 11.5 Å². The van der Waals surface area contributed by atoms with Crippen LogP contribution in [0.5, 0.6) is 11.5 Å². The Morgan fingerprint density at radius 2 is 0.927 bits per heavy atom. The van der Waals surface area contributed by atoms with Crippen LogP contribution in [0.4, 0.5) is 0 Å². The second-order valence-corrected chi connectivity index (χ2v) is 16.6. The summed E-state index contributed by atoms with van der Waals surface area (Å²) in [6.07, 6.45) is 1.53. The van der Waals surface area contributed by atoms with Crippen LogP contribution < -0.4 is 0 Å². The van der Waals surface area contributed by atoms with Crippen LogP contribution in [0, 0.1) is 0 Å². The number of aromatic hydroxyl groups is 2. The molecule has 0 aromatic heterocycles. The van der Waals surface area contributed by atoms with E-state index in [2.05, 4.69) is 27.7 Å². The minimum Gasteiger partial charge on any atom is -0.508 e. The minimum absolute atomic E-state index is 0.0111. The van der Waals surface area contributed by atoms with E-state index in [0.29, 0.717) is 11.1 Å². The Morgan fingerprint density at radius 3 is 1.22 bits per heavy atom. The number of fused-ring (bicyclic) bond motifs is 4. The highest BCUT2D eigenvalue weighted by Gasteiger charge is 2.57. The minimum atomic E-state index is -3.42. The van der Waals surface area contributed by atoms with Gasteiger partial charge < -0.3 is 28.3 Å². The lowest BCUT2D eigenvalue weighted by atomic mass is 9.72. The highest BCUT2D eigenvalue weighted by Crippen LogP contribution is 2.65. The largest absolute Gasteiger partial charge is 0.508 e. The number of hydrogen-bond acceptors (Lipinski definition) is 8. The van der Waals surface area contributed by atoms with Crippen molar-refractivity contribution in [1.82, 2.24) is 0 Å². The summed E-state index contributed by atoms with van der Waals surface area (Å²) in [4.78, 5) is 0. The third kappa shape index (κ3) is 5.94. The van der Waals surface area contributed by atoms with Crippen molar-refractivity contribution in [2.75, 3.05) is 26.4 Å². The molecule has 0 saturated carbocycles. The molecule has 2 aromatic rings. The maximum Gasteiger partial charge on any atom is 0.335 e. The molecule has 1 spiro atoms. The zero-order chi connectivity index (χ0) is 30.4. The molecule has 228 valence electrons. The molecule has 41 heavy (non-hydrogen) atoms. The first-order valence-corrected chi connectivity index (χ1v) is 18.0. The van der Waals surface area contributed by atoms with Gasteiger partial charge in [0.1, 0.15) is 11.5 Å². The number of phenols is 2. The van der Waals surface area contributed by atoms with Crippen molar-refractivity contribution in [3.63, 3.8) is 0 Å². The summed E-state index contributed by atoms with van der Waals surface area (Å²) in [7, 11) is -6.84. The van der Waals surface area contributed by atoms with E-state index in [4.69, 9.17) is 18.1 Å². The zero-order valence-corrected chi connectivity index (χ0v) is 27.5. The van der Waals surface area contributed by atoms with Gasteiger partial charge in [0.15, 0.2) is 0 Å². The molecule has 2 aliphatic rings. The maximum absolute atomic E-state index is 13.3. The molecule has 2 N–H and O–H groups in total. The van der Waals surface area contributed by atoms with Crippen LogP contribution in [0.25, 0.3) is 0 Å². The van der Waals surface area contributed by atoms with Gasteiger partial charge in [0.25, 0.3) is 0 Å². The molecule has 0 saturated heterocycles. The van der Waals surface area contributed by atoms with E-state index in [1.807, 2.05) is 24.3 Å². The molecular weight excluding hydrogens is 562 g/mol. The second kappa shape index (κ2) is 11.4. The fourth-order valence-electron chi connectivity index (χ4n) is 7.18. The third-order valence-corrected chi connectivity index (χ3v) is 12.5. The number of benzene rings is 2. The predicted molar refractivity (Wildman–Crippen MR) is 161 cm³/mol. The number of rotatable bonds is 12. The van der Waals surface area contributed by atoms with Crippen LogP contribution >= 0.6 is 15.2 Å². The van der Waals surface area contributed by atoms with Gasteiger partial charge >= 0.3 is 15.2 Å². The van der Waals surface area contributed by atoms with Crippen molar-refractivity contribution in [3.05, 3.63) is 57.6 Å². The van der Waals surface area contributed by atoms with Gasteiger partial charge in [-0.3, -0.25) is 9.13 Å². The first-order chi connectivity index (χ1) is 19.1. The molecule has 0 heterocycles. The summed E-state index contributed by atoms with van der Waals surface area (Å²) in [5.41, 5.74) is 4.30. The molecule has 0 radical (unpaired) electrons. The normalized spacial score (nSPS) is 18.5. The molecule has 2 aromatic carbocycles. The van der Waals surface area contributed by atoms with E-state index in [9.17, 15) is 19.3 Å². The summed E-state index contributed by atoms with van der Waals surface area (Å²) in [6.45, 7) is 16.8. The molecule has 0 atom stereocenters. The van der Waals surface area contributed by atoms with E-state index in [-0.39, 0.29) is 61.1 Å². The average Bonchev–Trinajstić information content (AvgIpc) is 3.19. The Balaban J connectivity index is 1.83. The van der Waals surface area contributed by atoms with Gasteiger partial charge in [-0.25, -0.2) is 0 Å². The summed E-state index contributed by atoms with van der Waals surface area (Å²) in [5.74, 6) is 0.115. The van der Waals surface area contributed by atoms with Gasteiger partial charge in [-0.1, -0.05) is 39.8 Å². The highest BCUT2D eigenvalue weighted by molar-refractivity contribution is 7.53. The SMILES string of the molecule is CCOP(=O)(Cc1cc2c(cc1O)C1(CC2(C)C)CC(C)(C)c2cc(CP(=O)(OCC)OCC)c(O)cc21)OCC. The van der Waals surface area contributed by atoms with Crippen molar-refractivity contribution >= 4 is 15.2 Å². The Bertz CT molecular complexity index is 1270. The lowest BCUT2D eigenvalue weighted by Crippen LogP contribution is -2.26. The summed E-state index contributed by atoms with van der Waals surface area (Å²) in [6, 6.07) is 7.56. The van der Waals surface area contributed by atoms with Gasteiger partial charge in [0.2, 0.25) is 0 Å². The molecule has 8 nitrogen and oxygen atoms in total. The average molecular weight is 609 g/mol. The van der Waals surface area contributed by atoms with E-state index in [1.54, 1.807) is 27.7 Å². The van der Waals surface area contributed by atoms with Crippen molar-refractivity contribution in [2.45, 2.75) is 96.8 Å². The highest BCUT2D eigenvalue weighted by atomic mass is 31.2. The smallest absolute Gasteiger partial charge is 0.335 e. The van der Waals surface area contributed by atoms with Crippen LogP contribution in [-0.4, -0.2) is 36.6 Å². The lowest BCUT2D eigenvalue weighted by Gasteiger charge is -2.30. The monoisotopic (exact) mass is 608 g/mol. The Kier molecular flexibility index (Phi) is 9.01. The maximum atomic E-state index is 13.3. The summed E-state index contributed by atoms with van der Waals surface area (Å²) < 4.78 is 48.7. The Morgan fingerprint density at radius 1 is 0.610 bits per heavy atom. The molecule has 4 rings (SSSR count). The summed E-state index contributed by atoms with van der Waals surface area (Å²) >= 11 is 0. The van der Waals surface area contributed by atoms with Gasteiger partial charge in [0, 0.05) is 16.5 Å². The molecule has 0 amide bonds. The van der Waals surface area contributed by atoms with Crippen LogP contribution in [0.1, 0.15) is 102 Å². The molecule has 0 fully saturated rings. The van der Waals surface area contributed by atoms with E-state index in [1.165, 1.54) is 0 Å². The molecule has 0 aliphatic heterocycles. The molecule has 10 heteroatoms. The Hall–Kier alpha value is -1.66. The molecule has 0 bridgehead atoms. The van der Waals surface area contributed by atoms with Gasteiger partial charge in [-0.2, -0.15) is 0 Å². The van der Waals surface area contributed by atoms with Crippen molar-refractivity contribution < 1.29 is 37.4 Å². The quantitative estimate of drug-likeness (QED) is 0.232. The fraction of sp³-hybridized carbons (Fsp3) is 0.613. The lowest BCUT2D eigenvalue weighted by molar-refractivity contribution is 0.218. The van der Waals surface area contributed by atoms with Crippen LogP contribution in [-0.2, 0) is 55.8 Å². The predicted octanol–water partition coefficient (Wildman–Crippen LogP) is 8.28. The van der Waals surface area contributed by atoms with E-state index >= 15 is 0 Å². The topological polar surface area (TPSA) is 112 Å². The van der Waals surface area contributed by atoms with E-state index < -0.39 is 20.6 Å². The number of hydrogen-bond donors (Lipinski definition) is 2. The summed E-state index contributed by atoms with van der Waals surface area (Å²) in [5, 5.41) is 22.5. The van der Waals surface area contributed by atoms with Crippen LogP contribution in [0.3, 0.4) is 0 Å². The molecule has 0 unspecified atom stereocenters. The van der Waals surface area contributed by atoms with Crippen molar-refractivity contribution in [2.24, 2.45) is 0 Å². The first kappa shape index (κ1) is 32.3. The third-order valence-electron chi connectivity index (χ3n) is 8.45. The van der Waals surface area contributed by atoms with Gasteiger partial charge in [-0.15, -0.1) is 0 Å². The fourth-order valence-corrected chi connectivity index (χ4v) is 10.6. The van der Waals surface area contributed by atoms with Crippen LogP contribution in [0.15, 0.2) is 24.3 Å². The van der Waals surface area contributed by atoms with E-state index in [0.717, 1.165) is 35.1 Å². The first-order valence-electron chi connectivity index (χ1n) is 14.6.